The maximum Gasteiger partial charge on any atom is 0.352 e. The van der Waals surface area contributed by atoms with Gasteiger partial charge in [-0.05, 0) is 38.8 Å². The molecule has 6 nitrogen and oxygen atoms in total. The number of nitrogens with zero attached hydrogens (tertiary/aromatic N) is 2. The van der Waals surface area contributed by atoms with Crippen molar-refractivity contribution in [2.45, 2.75) is 38.8 Å². The summed E-state index contributed by atoms with van der Waals surface area (Å²) in [5.41, 5.74) is 0.315. The van der Waals surface area contributed by atoms with Gasteiger partial charge in [-0.25, -0.2) is 9.59 Å². The highest BCUT2D eigenvalue weighted by Crippen LogP contribution is 2.24. The largest absolute Gasteiger partial charge is 0.477 e. The average molecular weight is 279 g/mol. The van der Waals surface area contributed by atoms with Crippen molar-refractivity contribution in [2.24, 2.45) is 0 Å². The van der Waals surface area contributed by atoms with Crippen molar-refractivity contribution >= 4 is 12.0 Å². The van der Waals surface area contributed by atoms with Crippen LogP contribution in [0.25, 0.3) is 0 Å². The van der Waals surface area contributed by atoms with E-state index in [1.807, 2.05) is 13.8 Å². The molecule has 1 aromatic rings. The number of amides is 2. The zero-order chi connectivity index (χ0) is 14.7. The summed E-state index contributed by atoms with van der Waals surface area (Å²) >= 11 is 0. The summed E-state index contributed by atoms with van der Waals surface area (Å²) < 4.78 is 1.81. The molecule has 6 heteroatoms. The van der Waals surface area contributed by atoms with E-state index in [-0.39, 0.29) is 18.1 Å². The maximum absolute atomic E-state index is 11.9. The third-order valence-corrected chi connectivity index (χ3v) is 3.56. The Hall–Kier alpha value is -1.98. The van der Waals surface area contributed by atoms with Gasteiger partial charge in [-0.15, -0.1) is 0 Å². The van der Waals surface area contributed by atoms with Crippen molar-refractivity contribution in [3.8, 4) is 0 Å². The van der Waals surface area contributed by atoms with E-state index in [0.29, 0.717) is 18.8 Å². The van der Waals surface area contributed by atoms with Crippen LogP contribution in [0.15, 0.2) is 18.3 Å². The van der Waals surface area contributed by atoms with E-state index >= 15 is 0 Å². The molecule has 20 heavy (non-hydrogen) atoms. The van der Waals surface area contributed by atoms with Crippen molar-refractivity contribution in [1.82, 2.24) is 14.8 Å². The number of hydrogen-bond acceptors (Lipinski definition) is 2. The molecule has 2 N–H and O–H groups in total. The van der Waals surface area contributed by atoms with E-state index in [1.165, 1.54) is 0 Å². The minimum absolute atomic E-state index is 0.0376. The molecule has 0 spiro atoms. The molecule has 0 saturated carbocycles. The molecule has 1 aliphatic heterocycles. The maximum atomic E-state index is 11.9. The SMILES string of the molecule is CC(C)NC(=O)N1CCC(n2cccc2C(=O)O)CC1. The van der Waals surface area contributed by atoms with Gasteiger partial charge in [0.2, 0.25) is 0 Å². The Kier molecular flexibility index (Phi) is 4.32. The molecular weight excluding hydrogens is 258 g/mol. The number of aromatic carboxylic acids is 1. The van der Waals surface area contributed by atoms with Gasteiger partial charge in [-0.3, -0.25) is 0 Å². The van der Waals surface area contributed by atoms with E-state index in [4.69, 9.17) is 5.11 Å². The van der Waals surface area contributed by atoms with Gasteiger partial charge >= 0.3 is 12.0 Å². The summed E-state index contributed by atoms with van der Waals surface area (Å²) in [6.45, 7) is 5.17. The quantitative estimate of drug-likeness (QED) is 0.888. The molecule has 1 saturated heterocycles. The predicted octanol–water partition coefficient (Wildman–Crippen LogP) is 1.94. The van der Waals surface area contributed by atoms with E-state index < -0.39 is 5.97 Å². The second-order valence-corrected chi connectivity index (χ2v) is 5.43. The third-order valence-electron chi connectivity index (χ3n) is 3.56. The number of aromatic nitrogens is 1. The minimum atomic E-state index is -0.907. The number of carboxylic acids is 1. The Balaban J connectivity index is 1.96. The number of carbonyl (C=O) groups is 2. The normalized spacial score (nSPS) is 16.4. The van der Waals surface area contributed by atoms with Gasteiger partial charge in [-0.2, -0.15) is 0 Å². The van der Waals surface area contributed by atoms with Crippen LogP contribution in [0.5, 0.6) is 0 Å². The lowest BCUT2D eigenvalue weighted by Crippen LogP contribution is -2.46. The Labute approximate surface area is 118 Å². The van der Waals surface area contributed by atoms with Crippen LogP contribution < -0.4 is 5.32 Å². The second-order valence-electron chi connectivity index (χ2n) is 5.43. The fraction of sp³-hybridized carbons (Fsp3) is 0.571. The zero-order valence-corrected chi connectivity index (χ0v) is 11.9. The first-order valence-corrected chi connectivity index (χ1v) is 6.94. The average Bonchev–Trinajstić information content (AvgIpc) is 2.87. The monoisotopic (exact) mass is 279 g/mol. The van der Waals surface area contributed by atoms with Crippen LogP contribution in [0.1, 0.15) is 43.2 Å². The molecule has 0 aromatic carbocycles. The summed E-state index contributed by atoms with van der Waals surface area (Å²) in [5, 5.41) is 12.0. The van der Waals surface area contributed by atoms with Gasteiger partial charge in [0.05, 0.1) is 0 Å². The number of piperidine rings is 1. The number of carboxylic acid groups (broad SMARTS) is 1. The predicted molar refractivity (Wildman–Crippen MR) is 74.9 cm³/mol. The van der Waals surface area contributed by atoms with Crippen LogP contribution in [-0.2, 0) is 0 Å². The Morgan fingerprint density at radius 3 is 2.55 bits per heavy atom. The smallest absolute Gasteiger partial charge is 0.352 e. The second kappa shape index (κ2) is 5.98. The molecule has 2 amide bonds. The lowest BCUT2D eigenvalue weighted by Gasteiger charge is -2.33. The van der Waals surface area contributed by atoms with Gasteiger partial charge < -0.3 is 19.9 Å². The highest BCUT2D eigenvalue weighted by molar-refractivity contribution is 5.85. The van der Waals surface area contributed by atoms with Crippen molar-refractivity contribution in [2.75, 3.05) is 13.1 Å². The van der Waals surface area contributed by atoms with Crippen LogP contribution in [0.4, 0.5) is 4.79 Å². The Morgan fingerprint density at radius 2 is 2.00 bits per heavy atom. The summed E-state index contributed by atoms with van der Waals surface area (Å²) in [4.78, 5) is 24.8. The number of urea groups is 1. The molecule has 1 fully saturated rings. The van der Waals surface area contributed by atoms with E-state index in [1.54, 1.807) is 27.8 Å². The standard InChI is InChI=1S/C14H21N3O3/c1-10(2)15-14(20)16-8-5-11(6-9-16)17-7-3-4-12(17)13(18)19/h3-4,7,10-11H,5-6,8-9H2,1-2H3,(H,15,20)(H,18,19). The molecule has 0 atom stereocenters. The van der Waals surface area contributed by atoms with Gasteiger partial charge in [-0.1, -0.05) is 0 Å². The number of rotatable bonds is 3. The van der Waals surface area contributed by atoms with E-state index in [0.717, 1.165) is 12.8 Å². The summed E-state index contributed by atoms with van der Waals surface area (Å²) in [5.74, 6) is -0.907. The molecule has 0 bridgehead atoms. The first kappa shape index (κ1) is 14.4. The summed E-state index contributed by atoms with van der Waals surface area (Å²) in [6, 6.07) is 3.61. The van der Waals surface area contributed by atoms with E-state index in [2.05, 4.69) is 5.32 Å². The van der Waals surface area contributed by atoms with Crippen molar-refractivity contribution in [3.05, 3.63) is 24.0 Å². The summed E-state index contributed by atoms with van der Waals surface area (Å²) in [6.07, 6.45) is 3.36. The fourth-order valence-corrected chi connectivity index (χ4v) is 2.58. The van der Waals surface area contributed by atoms with Crippen LogP contribution in [0.2, 0.25) is 0 Å². The molecule has 0 unspecified atom stereocenters. The van der Waals surface area contributed by atoms with Gasteiger partial charge in [0.25, 0.3) is 0 Å². The fourth-order valence-electron chi connectivity index (χ4n) is 2.58. The van der Waals surface area contributed by atoms with Crippen molar-refractivity contribution in [1.29, 1.82) is 0 Å². The molecule has 2 heterocycles. The molecule has 1 aliphatic rings. The van der Waals surface area contributed by atoms with Crippen LogP contribution in [-0.4, -0.2) is 45.7 Å². The third kappa shape index (κ3) is 3.12. The topological polar surface area (TPSA) is 74.6 Å². The summed E-state index contributed by atoms with van der Waals surface area (Å²) in [7, 11) is 0. The van der Waals surface area contributed by atoms with Crippen LogP contribution in [0.3, 0.4) is 0 Å². The number of hydrogen-bond donors (Lipinski definition) is 2. The van der Waals surface area contributed by atoms with Gasteiger partial charge in [0.1, 0.15) is 5.69 Å². The number of nitrogens with one attached hydrogen (secondary N) is 1. The Bertz CT molecular complexity index is 488. The molecule has 1 aromatic heterocycles. The number of likely N-dealkylation sites (tertiary alicyclic amines) is 1. The first-order chi connectivity index (χ1) is 9.49. The molecular formula is C14H21N3O3. The van der Waals surface area contributed by atoms with Crippen molar-refractivity contribution < 1.29 is 14.7 Å². The molecule has 0 radical (unpaired) electrons. The van der Waals surface area contributed by atoms with Crippen LogP contribution >= 0.6 is 0 Å². The van der Waals surface area contributed by atoms with Gasteiger partial charge in [0, 0.05) is 31.4 Å². The number of carbonyl (C=O) groups excluding carboxylic acids is 1. The Morgan fingerprint density at radius 1 is 1.35 bits per heavy atom. The highest BCUT2D eigenvalue weighted by atomic mass is 16.4. The van der Waals surface area contributed by atoms with Crippen LogP contribution in [0, 0.1) is 0 Å². The zero-order valence-electron chi connectivity index (χ0n) is 11.9. The lowest BCUT2D eigenvalue weighted by atomic mass is 10.0. The highest BCUT2D eigenvalue weighted by Gasteiger charge is 2.25. The van der Waals surface area contributed by atoms with Gasteiger partial charge in [0.15, 0.2) is 0 Å². The lowest BCUT2D eigenvalue weighted by molar-refractivity contribution is 0.0678. The molecule has 2 rings (SSSR count). The van der Waals surface area contributed by atoms with E-state index in [9.17, 15) is 9.59 Å². The molecule has 110 valence electrons. The van der Waals surface area contributed by atoms with Crippen molar-refractivity contribution in [3.63, 3.8) is 0 Å². The first-order valence-electron chi connectivity index (χ1n) is 6.94. The minimum Gasteiger partial charge on any atom is -0.477 e. The molecule has 0 aliphatic carbocycles.